The molecule has 3 heteroatoms. The van der Waals surface area contributed by atoms with Crippen LogP contribution < -0.4 is 5.32 Å². The Labute approximate surface area is 97.9 Å². The second kappa shape index (κ2) is 5.78. The molecule has 94 valence electrons. The summed E-state index contributed by atoms with van der Waals surface area (Å²) in [5.74, 6) is 0.645. The summed E-state index contributed by atoms with van der Waals surface area (Å²) in [7, 11) is 1.75. The standard InChI is InChI=1S/C13H24FNO/c1-4-5-6-13(7-8-14)9-11(13)10(2)12(16)15-3/h4,10-12,15-16H,1,5-9H2,2-3H3/t10?,11-,12?,13?/m1/s1. The highest BCUT2D eigenvalue weighted by Gasteiger charge is 2.55. The van der Waals surface area contributed by atoms with Gasteiger partial charge in [0.1, 0.15) is 6.23 Å². The van der Waals surface area contributed by atoms with Crippen LogP contribution >= 0.6 is 0 Å². The van der Waals surface area contributed by atoms with Crippen LogP contribution in [0.15, 0.2) is 12.7 Å². The van der Waals surface area contributed by atoms with Crippen LogP contribution in [0.5, 0.6) is 0 Å². The molecule has 16 heavy (non-hydrogen) atoms. The van der Waals surface area contributed by atoms with E-state index in [1.165, 1.54) is 0 Å². The van der Waals surface area contributed by atoms with Crippen LogP contribution in [0, 0.1) is 17.3 Å². The molecule has 0 aliphatic heterocycles. The number of alkyl halides is 1. The van der Waals surface area contributed by atoms with Crippen molar-refractivity contribution < 1.29 is 9.50 Å². The van der Waals surface area contributed by atoms with Crippen LogP contribution in [0.4, 0.5) is 4.39 Å². The summed E-state index contributed by atoms with van der Waals surface area (Å²) < 4.78 is 12.6. The number of nitrogens with one attached hydrogen (secondary N) is 1. The Bertz CT molecular complexity index is 234. The van der Waals surface area contributed by atoms with Gasteiger partial charge in [0, 0.05) is 0 Å². The third-order valence-electron chi connectivity index (χ3n) is 4.12. The lowest BCUT2D eigenvalue weighted by Crippen LogP contribution is -2.34. The first-order valence-electron chi connectivity index (χ1n) is 6.13. The minimum absolute atomic E-state index is 0.125. The number of allylic oxidation sites excluding steroid dienone is 1. The number of aliphatic hydroxyl groups is 1. The summed E-state index contributed by atoms with van der Waals surface area (Å²) in [5, 5.41) is 12.6. The van der Waals surface area contributed by atoms with Crippen molar-refractivity contribution in [2.45, 2.75) is 38.8 Å². The molecule has 1 rings (SSSR count). The van der Waals surface area contributed by atoms with Crippen molar-refractivity contribution in [2.24, 2.45) is 17.3 Å². The fraction of sp³-hybridized carbons (Fsp3) is 0.846. The lowest BCUT2D eigenvalue weighted by molar-refractivity contribution is 0.0698. The number of rotatable bonds is 8. The molecule has 0 saturated heterocycles. The van der Waals surface area contributed by atoms with E-state index in [1.807, 2.05) is 13.0 Å². The molecule has 0 amide bonds. The van der Waals surface area contributed by atoms with Crippen molar-refractivity contribution in [2.75, 3.05) is 13.7 Å². The molecule has 2 N–H and O–H groups in total. The Balaban J connectivity index is 2.54. The third-order valence-corrected chi connectivity index (χ3v) is 4.12. The van der Waals surface area contributed by atoms with Gasteiger partial charge in [0.15, 0.2) is 0 Å². The number of aliphatic hydroxyl groups excluding tert-OH is 1. The molecule has 1 aliphatic carbocycles. The molecule has 0 heterocycles. The molecule has 0 spiro atoms. The molecule has 0 aromatic heterocycles. The highest BCUT2D eigenvalue weighted by molar-refractivity contribution is 5.05. The van der Waals surface area contributed by atoms with E-state index in [-0.39, 0.29) is 18.0 Å². The van der Waals surface area contributed by atoms with Gasteiger partial charge in [-0.1, -0.05) is 13.0 Å². The van der Waals surface area contributed by atoms with Crippen LogP contribution in [0.25, 0.3) is 0 Å². The lowest BCUT2D eigenvalue weighted by Gasteiger charge is -2.22. The molecule has 0 aromatic carbocycles. The third kappa shape index (κ3) is 2.83. The van der Waals surface area contributed by atoms with Crippen LogP contribution in [0.3, 0.4) is 0 Å². The first kappa shape index (κ1) is 13.7. The van der Waals surface area contributed by atoms with E-state index in [1.54, 1.807) is 7.05 Å². The summed E-state index contributed by atoms with van der Waals surface area (Å²) in [5.41, 5.74) is 0.125. The predicted molar refractivity (Wildman–Crippen MR) is 64.8 cm³/mol. The number of halogens is 1. The second-order valence-electron chi connectivity index (χ2n) is 5.03. The van der Waals surface area contributed by atoms with E-state index < -0.39 is 6.23 Å². The van der Waals surface area contributed by atoms with Crippen LogP contribution in [-0.4, -0.2) is 25.1 Å². The monoisotopic (exact) mass is 229 g/mol. The SMILES string of the molecule is C=CCCC1(CCF)C[C@@H]1C(C)C(O)NC. The Kier molecular flexibility index (Phi) is 4.93. The summed E-state index contributed by atoms with van der Waals surface area (Å²) >= 11 is 0. The van der Waals surface area contributed by atoms with Gasteiger partial charge in [0.2, 0.25) is 0 Å². The molecule has 1 fully saturated rings. The van der Waals surface area contributed by atoms with Gasteiger partial charge >= 0.3 is 0 Å². The highest BCUT2D eigenvalue weighted by Crippen LogP contribution is 2.62. The van der Waals surface area contributed by atoms with Gasteiger partial charge < -0.3 is 5.11 Å². The molecular weight excluding hydrogens is 205 g/mol. The van der Waals surface area contributed by atoms with Crippen LogP contribution in [0.1, 0.15) is 32.6 Å². The molecule has 1 aliphatic rings. The summed E-state index contributed by atoms with van der Waals surface area (Å²) in [6.45, 7) is 5.50. The predicted octanol–water partition coefficient (Wildman–Crippen LogP) is 2.49. The molecule has 0 bridgehead atoms. The maximum atomic E-state index is 12.6. The van der Waals surface area contributed by atoms with E-state index in [4.69, 9.17) is 0 Å². The minimum atomic E-state index is -0.477. The van der Waals surface area contributed by atoms with Gasteiger partial charge in [-0.15, -0.1) is 6.58 Å². The molecule has 0 radical (unpaired) electrons. The van der Waals surface area contributed by atoms with Gasteiger partial charge in [0.25, 0.3) is 0 Å². The zero-order valence-electron chi connectivity index (χ0n) is 10.4. The quantitative estimate of drug-likeness (QED) is 0.495. The second-order valence-corrected chi connectivity index (χ2v) is 5.03. The van der Waals surface area contributed by atoms with E-state index in [0.29, 0.717) is 12.3 Å². The maximum Gasteiger partial charge on any atom is 0.107 e. The first-order chi connectivity index (χ1) is 7.61. The molecule has 1 saturated carbocycles. The summed E-state index contributed by atoms with van der Waals surface area (Å²) in [4.78, 5) is 0. The van der Waals surface area contributed by atoms with Crippen molar-refractivity contribution in [3.63, 3.8) is 0 Å². The highest BCUT2D eigenvalue weighted by atomic mass is 19.1. The van der Waals surface area contributed by atoms with Crippen molar-refractivity contribution in [3.05, 3.63) is 12.7 Å². The van der Waals surface area contributed by atoms with Gasteiger partial charge in [0.05, 0.1) is 6.67 Å². The Morgan fingerprint density at radius 2 is 2.31 bits per heavy atom. The number of hydrogen-bond donors (Lipinski definition) is 2. The van der Waals surface area contributed by atoms with Crippen LogP contribution in [0.2, 0.25) is 0 Å². The largest absolute Gasteiger partial charge is 0.378 e. The van der Waals surface area contributed by atoms with Gasteiger partial charge in [-0.25, -0.2) is 0 Å². The first-order valence-corrected chi connectivity index (χ1v) is 6.13. The maximum absolute atomic E-state index is 12.6. The Hall–Kier alpha value is -0.410. The molecular formula is C13H24FNO. The molecule has 2 nitrogen and oxygen atoms in total. The topological polar surface area (TPSA) is 32.3 Å². The Morgan fingerprint density at radius 3 is 2.81 bits per heavy atom. The van der Waals surface area contributed by atoms with E-state index in [9.17, 15) is 9.50 Å². The fourth-order valence-corrected chi connectivity index (χ4v) is 2.88. The average molecular weight is 229 g/mol. The van der Waals surface area contributed by atoms with Crippen LogP contribution in [-0.2, 0) is 0 Å². The normalized spacial score (nSPS) is 32.1. The molecule has 3 unspecified atom stereocenters. The zero-order valence-corrected chi connectivity index (χ0v) is 10.4. The average Bonchev–Trinajstić information content (AvgIpc) is 3.00. The lowest BCUT2D eigenvalue weighted by atomic mass is 9.88. The van der Waals surface area contributed by atoms with E-state index in [2.05, 4.69) is 11.9 Å². The van der Waals surface area contributed by atoms with Gasteiger partial charge in [-0.2, -0.15) is 0 Å². The van der Waals surface area contributed by atoms with E-state index in [0.717, 1.165) is 19.3 Å². The van der Waals surface area contributed by atoms with Crippen molar-refractivity contribution >= 4 is 0 Å². The number of hydrogen-bond acceptors (Lipinski definition) is 2. The van der Waals surface area contributed by atoms with Gasteiger partial charge in [-0.3, -0.25) is 9.71 Å². The molecule has 4 atom stereocenters. The van der Waals surface area contributed by atoms with Crippen molar-refractivity contribution in [1.82, 2.24) is 5.32 Å². The van der Waals surface area contributed by atoms with E-state index >= 15 is 0 Å². The Morgan fingerprint density at radius 1 is 1.62 bits per heavy atom. The van der Waals surface area contributed by atoms with Gasteiger partial charge in [-0.05, 0) is 50.0 Å². The van der Waals surface area contributed by atoms with Crippen molar-refractivity contribution in [3.8, 4) is 0 Å². The summed E-state index contributed by atoms with van der Waals surface area (Å²) in [6.07, 6.45) is 5.05. The molecule has 0 aromatic rings. The summed E-state index contributed by atoms with van der Waals surface area (Å²) in [6, 6.07) is 0. The zero-order chi connectivity index (χ0) is 12.2. The smallest absolute Gasteiger partial charge is 0.107 e. The van der Waals surface area contributed by atoms with Crippen molar-refractivity contribution in [1.29, 1.82) is 0 Å². The fourth-order valence-electron chi connectivity index (χ4n) is 2.88. The minimum Gasteiger partial charge on any atom is -0.378 e.